The van der Waals surface area contributed by atoms with Crippen molar-refractivity contribution >= 4 is 33.2 Å². The van der Waals surface area contributed by atoms with Crippen LogP contribution in [-0.4, -0.2) is 33.1 Å². The van der Waals surface area contributed by atoms with Gasteiger partial charge in [0, 0.05) is 17.7 Å². The SMILES string of the molecule is Cc1nn(-c2ccccc2)c2c1CC(C(=O)c1ccccc1)(c1nc3ccccc3s1)C1CCCN21. The molecule has 5 aromatic rings. The smallest absolute Gasteiger partial charge is 0.178 e. The van der Waals surface area contributed by atoms with Crippen molar-refractivity contribution < 1.29 is 4.79 Å². The molecule has 6 heteroatoms. The average molecular weight is 491 g/mol. The van der Waals surface area contributed by atoms with E-state index in [4.69, 9.17) is 10.1 Å². The molecule has 0 spiro atoms. The van der Waals surface area contributed by atoms with Gasteiger partial charge >= 0.3 is 0 Å². The molecule has 2 unspecified atom stereocenters. The molecule has 2 aliphatic rings. The molecule has 2 atom stereocenters. The van der Waals surface area contributed by atoms with Crippen LogP contribution in [0.2, 0.25) is 0 Å². The summed E-state index contributed by atoms with van der Waals surface area (Å²) in [6.07, 6.45) is 2.60. The number of aromatic nitrogens is 3. The summed E-state index contributed by atoms with van der Waals surface area (Å²) in [4.78, 5) is 22.2. The normalized spacial score (nSPS) is 20.9. The van der Waals surface area contributed by atoms with Gasteiger partial charge < -0.3 is 4.90 Å². The van der Waals surface area contributed by atoms with Gasteiger partial charge in [0.25, 0.3) is 0 Å². The molecule has 0 bridgehead atoms. The van der Waals surface area contributed by atoms with Gasteiger partial charge in [0.1, 0.15) is 16.2 Å². The van der Waals surface area contributed by atoms with Crippen molar-refractivity contribution in [2.45, 2.75) is 37.6 Å². The molecular weight excluding hydrogens is 464 g/mol. The number of carbonyl (C=O) groups is 1. The van der Waals surface area contributed by atoms with Gasteiger partial charge in [-0.1, -0.05) is 60.7 Å². The predicted octanol–water partition coefficient (Wildman–Crippen LogP) is 6.14. The molecule has 2 aliphatic heterocycles. The number of benzene rings is 3. The van der Waals surface area contributed by atoms with Crippen LogP contribution < -0.4 is 4.90 Å². The Kier molecular flexibility index (Phi) is 4.86. The third kappa shape index (κ3) is 3.04. The number of aryl methyl sites for hydroxylation is 1. The van der Waals surface area contributed by atoms with Gasteiger partial charge in [0.15, 0.2) is 5.78 Å². The minimum Gasteiger partial charge on any atom is -0.352 e. The van der Waals surface area contributed by atoms with E-state index in [2.05, 4.69) is 40.8 Å². The zero-order valence-electron chi connectivity index (χ0n) is 20.1. The lowest BCUT2D eigenvalue weighted by molar-refractivity contribution is 0.0849. The number of carbonyl (C=O) groups excluding carboxylic acids is 1. The van der Waals surface area contributed by atoms with E-state index in [1.54, 1.807) is 11.3 Å². The lowest BCUT2D eigenvalue weighted by Gasteiger charge is -2.45. The Morgan fingerprint density at radius 3 is 2.47 bits per heavy atom. The van der Waals surface area contributed by atoms with E-state index in [9.17, 15) is 4.79 Å². The quantitative estimate of drug-likeness (QED) is 0.284. The van der Waals surface area contributed by atoms with Crippen molar-refractivity contribution in [2.24, 2.45) is 0 Å². The largest absolute Gasteiger partial charge is 0.352 e. The van der Waals surface area contributed by atoms with Crippen LogP contribution in [0.25, 0.3) is 15.9 Å². The number of hydrogen-bond acceptors (Lipinski definition) is 5. The Morgan fingerprint density at radius 2 is 1.69 bits per heavy atom. The summed E-state index contributed by atoms with van der Waals surface area (Å²) in [6, 6.07) is 28.4. The van der Waals surface area contributed by atoms with Crippen LogP contribution in [0.4, 0.5) is 5.82 Å². The molecule has 36 heavy (non-hydrogen) atoms. The molecule has 1 saturated heterocycles. The standard InChI is InChI=1S/C30H26N4OS/c1-20-23-19-30(27(35)21-11-4-2-5-12-21,29-31-24-15-8-9-16-25(24)36-29)26-17-10-18-33(26)28(23)34(32-20)22-13-6-3-7-14-22/h2-9,11-16,26H,10,17-19H2,1H3. The highest BCUT2D eigenvalue weighted by molar-refractivity contribution is 7.18. The lowest BCUT2D eigenvalue weighted by Crippen LogP contribution is -2.57. The van der Waals surface area contributed by atoms with Crippen molar-refractivity contribution in [3.05, 3.63) is 107 Å². The van der Waals surface area contributed by atoms with Crippen molar-refractivity contribution in [2.75, 3.05) is 11.4 Å². The second-order valence-corrected chi connectivity index (χ2v) is 10.8. The van der Waals surface area contributed by atoms with Crippen LogP contribution in [-0.2, 0) is 11.8 Å². The third-order valence-corrected chi connectivity index (χ3v) is 9.04. The number of Topliss-reactive ketones (excluding diaryl/α,β-unsaturated/α-hetero) is 1. The molecule has 0 aliphatic carbocycles. The average Bonchev–Trinajstić information content (AvgIpc) is 3.66. The summed E-state index contributed by atoms with van der Waals surface area (Å²) >= 11 is 1.67. The molecule has 5 nitrogen and oxygen atoms in total. The number of para-hydroxylation sites is 2. The number of nitrogens with zero attached hydrogens (tertiary/aromatic N) is 4. The predicted molar refractivity (Wildman–Crippen MR) is 144 cm³/mol. The first-order valence-electron chi connectivity index (χ1n) is 12.5. The van der Waals surface area contributed by atoms with Gasteiger partial charge in [-0.25, -0.2) is 9.67 Å². The second kappa shape index (κ2) is 8.14. The van der Waals surface area contributed by atoms with Crippen molar-refractivity contribution in [3.8, 4) is 5.69 Å². The molecule has 0 amide bonds. The summed E-state index contributed by atoms with van der Waals surface area (Å²) in [7, 11) is 0. The van der Waals surface area contributed by atoms with E-state index in [1.807, 2.05) is 60.7 Å². The van der Waals surface area contributed by atoms with Crippen LogP contribution in [0, 0.1) is 6.92 Å². The number of ketones is 1. The maximum absolute atomic E-state index is 14.7. The molecule has 1 fully saturated rings. The number of rotatable bonds is 4. The highest BCUT2D eigenvalue weighted by Crippen LogP contribution is 2.51. The summed E-state index contributed by atoms with van der Waals surface area (Å²) in [5, 5.41) is 5.93. The third-order valence-electron chi connectivity index (χ3n) is 7.82. The summed E-state index contributed by atoms with van der Waals surface area (Å²) in [5.74, 6) is 1.30. The van der Waals surface area contributed by atoms with Gasteiger partial charge in [0.2, 0.25) is 0 Å². The molecule has 7 rings (SSSR count). The summed E-state index contributed by atoms with van der Waals surface area (Å²) in [5.41, 5.74) is 4.13. The summed E-state index contributed by atoms with van der Waals surface area (Å²) in [6.45, 7) is 2.98. The fourth-order valence-electron chi connectivity index (χ4n) is 6.18. The maximum Gasteiger partial charge on any atom is 0.178 e. The minimum absolute atomic E-state index is 0.0248. The molecule has 178 valence electrons. The van der Waals surface area contributed by atoms with Crippen LogP contribution in [0.1, 0.15) is 39.5 Å². The zero-order chi connectivity index (χ0) is 24.3. The van der Waals surface area contributed by atoms with Crippen molar-refractivity contribution in [1.29, 1.82) is 0 Å². The molecule has 0 radical (unpaired) electrons. The Morgan fingerprint density at radius 1 is 0.972 bits per heavy atom. The van der Waals surface area contributed by atoms with E-state index in [-0.39, 0.29) is 11.8 Å². The van der Waals surface area contributed by atoms with Crippen LogP contribution in [0.15, 0.2) is 84.9 Å². The van der Waals surface area contributed by atoms with Crippen molar-refractivity contribution in [3.63, 3.8) is 0 Å². The van der Waals surface area contributed by atoms with Crippen LogP contribution in [0.5, 0.6) is 0 Å². The number of thiazole rings is 1. The molecule has 2 aromatic heterocycles. The van der Waals surface area contributed by atoms with Crippen LogP contribution in [0.3, 0.4) is 0 Å². The van der Waals surface area contributed by atoms with Gasteiger partial charge in [-0.05, 0) is 50.5 Å². The number of hydrogen-bond donors (Lipinski definition) is 0. The fraction of sp³-hybridized carbons (Fsp3) is 0.233. The van der Waals surface area contributed by atoms with E-state index in [0.717, 1.165) is 62.9 Å². The second-order valence-electron chi connectivity index (χ2n) is 9.82. The highest BCUT2D eigenvalue weighted by atomic mass is 32.1. The molecule has 3 aromatic carbocycles. The van der Waals surface area contributed by atoms with Gasteiger partial charge in [-0.2, -0.15) is 5.10 Å². The van der Waals surface area contributed by atoms with Crippen LogP contribution >= 0.6 is 11.3 Å². The Hall–Kier alpha value is -3.77. The Balaban J connectivity index is 1.49. The van der Waals surface area contributed by atoms with Crippen molar-refractivity contribution in [1.82, 2.24) is 14.8 Å². The van der Waals surface area contributed by atoms with E-state index < -0.39 is 5.41 Å². The topological polar surface area (TPSA) is 51.0 Å². The first-order valence-corrected chi connectivity index (χ1v) is 13.3. The Labute approximate surface area is 214 Å². The fourth-order valence-corrected chi connectivity index (χ4v) is 7.38. The first kappa shape index (κ1) is 21.5. The number of anilines is 1. The highest BCUT2D eigenvalue weighted by Gasteiger charge is 2.57. The van der Waals surface area contributed by atoms with Gasteiger partial charge in [-0.15, -0.1) is 11.3 Å². The van der Waals surface area contributed by atoms with E-state index >= 15 is 0 Å². The Bertz CT molecular complexity index is 1560. The molecule has 0 N–H and O–H groups in total. The number of fused-ring (bicyclic) bond motifs is 4. The maximum atomic E-state index is 14.7. The monoisotopic (exact) mass is 490 g/mol. The minimum atomic E-state index is -0.760. The van der Waals surface area contributed by atoms with E-state index in [0.29, 0.717) is 6.42 Å². The van der Waals surface area contributed by atoms with E-state index in [1.165, 1.54) is 0 Å². The summed E-state index contributed by atoms with van der Waals surface area (Å²) < 4.78 is 3.21. The molecule has 0 saturated carbocycles. The molecule has 4 heterocycles. The first-order chi connectivity index (χ1) is 17.7. The lowest BCUT2D eigenvalue weighted by atomic mass is 9.67. The van der Waals surface area contributed by atoms with Gasteiger partial charge in [-0.3, -0.25) is 4.79 Å². The molecular formula is C30H26N4OS. The zero-order valence-corrected chi connectivity index (χ0v) is 20.9. The van der Waals surface area contributed by atoms with Gasteiger partial charge in [0.05, 0.1) is 27.6 Å².